The molecule has 5 nitrogen and oxygen atoms in total. The molecule has 0 spiro atoms. The third-order valence-electron chi connectivity index (χ3n) is 4.66. The van der Waals surface area contributed by atoms with Crippen LogP contribution in [0.3, 0.4) is 0 Å². The summed E-state index contributed by atoms with van der Waals surface area (Å²) < 4.78 is 14.7. The molecule has 144 valence electrons. The summed E-state index contributed by atoms with van der Waals surface area (Å²) in [6, 6.07) is 15.6. The molecule has 0 aliphatic carbocycles. The Morgan fingerprint density at radius 1 is 1.00 bits per heavy atom. The Labute approximate surface area is 170 Å². The van der Waals surface area contributed by atoms with Crippen molar-refractivity contribution in [1.82, 2.24) is 4.98 Å². The normalized spacial score (nSPS) is 18.3. The number of carbonyl (C=O) groups is 2. The molecule has 2 heterocycles. The van der Waals surface area contributed by atoms with Crippen molar-refractivity contribution >= 4 is 34.9 Å². The van der Waals surface area contributed by atoms with Crippen LogP contribution in [0, 0.1) is 5.82 Å². The van der Waals surface area contributed by atoms with Crippen molar-refractivity contribution in [2.45, 2.75) is 6.04 Å². The number of aliphatic hydroxyl groups excluding tert-OH is 1. The average Bonchev–Trinajstić information content (AvgIpc) is 3.00. The van der Waals surface area contributed by atoms with Crippen molar-refractivity contribution < 1.29 is 19.1 Å². The molecule has 29 heavy (non-hydrogen) atoms. The van der Waals surface area contributed by atoms with E-state index in [2.05, 4.69) is 4.98 Å². The molecule has 7 heteroatoms. The monoisotopic (exact) mass is 408 g/mol. The quantitative estimate of drug-likeness (QED) is 0.393. The fourth-order valence-electron chi connectivity index (χ4n) is 3.32. The maximum absolute atomic E-state index is 14.7. The highest BCUT2D eigenvalue weighted by molar-refractivity contribution is 6.51. The first kappa shape index (κ1) is 18.8. The number of ketones is 1. The second-order valence-corrected chi connectivity index (χ2v) is 6.82. The van der Waals surface area contributed by atoms with Gasteiger partial charge in [-0.3, -0.25) is 14.5 Å². The van der Waals surface area contributed by atoms with E-state index in [9.17, 15) is 19.1 Å². The standard InChI is InChI=1S/C22H14ClFN2O3/c23-14-10-8-13(9-11-14)20(27)18-19(15-5-1-2-6-16(15)24)26(22(29)21(18)28)17-7-3-4-12-25-17/h1-12,19,27H/t19-/m1/s1. The van der Waals surface area contributed by atoms with E-state index in [1.807, 2.05) is 0 Å². The minimum Gasteiger partial charge on any atom is -0.507 e. The number of rotatable bonds is 3. The Bertz CT molecular complexity index is 1130. The molecule has 4 rings (SSSR count). The first-order chi connectivity index (χ1) is 14.0. The zero-order valence-corrected chi connectivity index (χ0v) is 15.7. The molecule has 0 radical (unpaired) electrons. The van der Waals surface area contributed by atoms with Crippen LogP contribution in [0.5, 0.6) is 0 Å². The Kier molecular flexibility index (Phi) is 4.86. The first-order valence-electron chi connectivity index (χ1n) is 8.71. The number of aromatic nitrogens is 1. The van der Waals surface area contributed by atoms with Crippen LogP contribution in [0.25, 0.3) is 5.76 Å². The molecule has 1 aliphatic rings. The van der Waals surface area contributed by atoms with Gasteiger partial charge in [-0.1, -0.05) is 35.9 Å². The molecule has 2 aromatic carbocycles. The van der Waals surface area contributed by atoms with Crippen LogP contribution >= 0.6 is 11.6 Å². The number of hydrogen-bond donors (Lipinski definition) is 1. The van der Waals surface area contributed by atoms with Crippen molar-refractivity contribution in [2.24, 2.45) is 0 Å². The molecule has 0 bridgehead atoms. The van der Waals surface area contributed by atoms with Gasteiger partial charge in [-0.25, -0.2) is 9.37 Å². The van der Waals surface area contributed by atoms with E-state index in [0.717, 1.165) is 4.90 Å². The van der Waals surface area contributed by atoms with Crippen molar-refractivity contribution in [1.29, 1.82) is 0 Å². The number of carbonyl (C=O) groups excluding carboxylic acids is 2. The third-order valence-corrected chi connectivity index (χ3v) is 4.91. The molecular weight excluding hydrogens is 395 g/mol. The maximum Gasteiger partial charge on any atom is 0.301 e. The van der Waals surface area contributed by atoms with Crippen LogP contribution in [-0.2, 0) is 9.59 Å². The topological polar surface area (TPSA) is 70.5 Å². The van der Waals surface area contributed by atoms with E-state index in [1.165, 1.54) is 36.5 Å². The van der Waals surface area contributed by atoms with Gasteiger partial charge in [0.25, 0.3) is 5.78 Å². The van der Waals surface area contributed by atoms with Crippen LogP contribution in [0.1, 0.15) is 17.2 Å². The van der Waals surface area contributed by atoms with Gasteiger partial charge < -0.3 is 5.11 Å². The number of amides is 1. The minimum absolute atomic E-state index is 0.0767. The van der Waals surface area contributed by atoms with E-state index in [1.54, 1.807) is 36.4 Å². The molecule has 1 amide bonds. The van der Waals surface area contributed by atoms with Crippen molar-refractivity contribution in [3.63, 3.8) is 0 Å². The highest BCUT2D eigenvalue weighted by Gasteiger charge is 2.48. The smallest absolute Gasteiger partial charge is 0.301 e. The minimum atomic E-state index is -1.17. The summed E-state index contributed by atoms with van der Waals surface area (Å²) in [6.45, 7) is 0. The summed E-state index contributed by atoms with van der Waals surface area (Å²) >= 11 is 5.89. The van der Waals surface area contributed by atoms with E-state index >= 15 is 0 Å². The lowest BCUT2D eigenvalue weighted by atomic mass is 9.95. The van der Waals surface area contributed by atoms with Crippen LogP contribution < -0.4 is 4.90 Å². The molecule has 1 saturated heterocycles. The van der Waals surface area contributed by atoms with Crippen molar-refractivity contribution in [2.75, 3.05) is 4.90 Å². The van der Waals surface area contributed by atoms with Gasteiger partial charge in [0.15, 0.2) is 0 Å². The molecular formula is C22H14ClFN2O3. The van der Waals surface area contributed by atoms with E-state index in [4.69, 9.17) is 11.6 Å². The Morgan fingerprint density at radius 3 is 2.34 bits per heavy atom. The van der Waals surface area contributed by atoms with Gasteiger partial charge in [0.2, 0.25) is 0 Å². The van der Waals surface area contributed by atoms with Crippen LogP contribution in [0.15, 0.2) is 78.5 Å². The summed E-state index contributed by atoms with van der Waals surface area (Å²) in [6.07, 6.45) is 1.46. The van der Waals surface area contributed by atoms with E-state index in [-0.39, 0.29) is 22.5 Å². The molecule has 1 aromatic heterocycles. The van der Waals surface area contributed by atoms with Gasteiger partial charge in [0.05, 0.1) is 11.6 Å². The number of benzene rings is 2. The van der Waals surface area contributed by atoms with E-state index in [0.29, 0.717) is 5.02 Å². The average molecular weight is 409 g/mol. The molecule has 1 fully saturated rings. The van der Waals surface area contributed by atoms with Crippen molar-refractivity contribution in [3.05, 3.63) is 100 Å². The number of Topliss-reactive ketones (excluding diaryl/α,β-unsaturated/α-hetero) is 1. The fourth-order valence-corrected chi connectivity index (χ4v) is 3.45. The second-order valence-electron chi connectivity index (χ2n) is 6.39. The molecule has 0 saturated carbocycles. The first-order valence-corrected chi connectivity index (χ1v) is 9.09. The number of hydrogen-bond acceptors (Lipinski definition) is 4. The van der Waals surface area contributed by atoms with Crippen LogP contribution in [0.2, 0.25) is 5.02 Å². The molecule has 0 unspecified atom stereocenters. The SMILES string of the molecule is O=C1C(=O)N(c2ccccn2)[C@H](c2ccccc2F)C1=C(O)c1ccc(Cl)cc1. The van der Waals surface area contributed by atoms with Gasteiger partial charge in [-0.05, 0) is 42.5 Å². The largest absolute Gasteiger partial charge is 0.507 e. The Balaban J connectivity index is 1.97. The predicted molar refractivity (Wildman–Crippen MR) is 107 cm³/mol. The highest BCUT2D eigenvalue weighted by Crippen LogP contribution is 2.42. The third kappa shape index (κ3) is 3.28. The summed E-state index contributed by atoms with van der Waals surface area (Å²) in [5, 5.41) is 11.3. The maximum atomic E-state index is 14.7. The van der Waals surface area contributed by atoms with Gasteiger partial charge in [0.1, 0.15) is 17.4 Å². The van der Waals surface area contributed by atoms with Gasteiger partial charge in [-0.2, -0.15) is 0 Å². The van der Waals surface area contributed by atoms with Gasteiger partial charge >= 0.3 is 5.91 Å². The number of pyridine rings is 1. The second kappa shape index (κ2) is 7.48. The predicted octanol–water partition coefficient (Wildman–Crippen LogP) is 4.50. The molecule has 3 aromatic rings. The summed E-state index contributed by atoms with van der Waals surface area (Å²) in [5.74, 6) is -2.66. The molecule has 1 aliphatic heterocycles. The van der Waals surface area contributed by atoms with Crippen LogP contribution in [-0.4, -0.2) is 21.8 Å². The number of nitrogens with zero attached hydrogens (tertiary/aromatic N) is 2. The number of halogens is 2. The lowest BCUT2D eigenvalue weighted by Gasteiger charge is -2.24. The molecule has 1 atom stereocenters. The van der Waals surface area contributed by atoms with Crippen molar-refractivity contribution in [3.8, 4) is 0 Å². The fraction of sp³-hybridized carbons (Fsp3) is 0.0455. The Hall–Kier alpha value is -3.51. The zero-order valence-electron chi connectivity index (χ0n) is 14.9. The zero-order chi connectivity index (χ0) is 20.5. The van der Waals surface area contributed by atoms with Gasteiger partial charge in [0, 0.05) is 22.3 Å². The number of aliphatic hydroxyl groups is 1. The lowest BCUT2D eigenvalue weighted by molar-refractivity contribution is -0.132. The van der Waals surface area contributed by atoms with Crippen LogP contribution in [0.4, 0.5) is 10.2 Å². The summed E-state index contributed by atoms with van der Waals surface area (Å²) in [7, 11) is 0. The number of anilines is 1. The highest BCUT2D eigenvalue weighted by atomic mass is 35.5. The summed E-state index contributed by atoms with van der Waals surface area (Å²) in [4.78, 5) is 31.0. The van der Waals surface area contributed by atoms with Gasteiger partial charge in [-0.15, -0.1) is 0 Å². The summed E-state index contributed by atoms with van der Waals surface area (Å²) in [5.41, 5.74) is 0.149. The Morgan fingerprint density at radius 2 is 1.69 bits per heavy atom. The molecule has 1 N–H and O–H groups in total. The lowest BCUT2D eigenvalue weighted by Crippen LogP contribution is -2.30. The van der Waals surface area contributed by atoms with E-state index < -0.39 is 29.3 Å².